The van der Waals surface area contributed by atoms with Crippen LogP contribution < -0.4 is 0 Å². The minimum atomic E-state index is 0.666. The first-order valence-corrected chi connectivity index (χ1v) is 9.01. The second-order valence-electron chi connectivity index (χ2n) is 5.43. The van der Waals surface area contributed by atoms with Crippen molar-refractivity contribution in [3.8, 4) is 28.5 Å². The summed E-state index contributed by atoms with van der Waals surface area (Å²) in [7, 11) is 0. The highest BCUT2D eigenvalue weighted by molar-refractivity contribution is 7.99. The number of hydrogen-bond acceptors (Lipinski definition) is 3. The van der Waals surface area contributed by atoms with Crippen LogP contribution in [0.3, 0.4) is 0 Å². The molecule has 0 atom stereocenters. The molecule has 3 aromatic rings. The van der Waals surface area contributed by atoms with Crippen molar-refractivity contribution >= 4 is 11.8 Å². The van der Waals surface area contributed by atoms with E-state index < -0.39 is 0 Å². The van der Waals surface area contributed by atoms with Crippen LogP contribution in [0, 0.1) is 11.3 Å². The van der Waals surface area contributed by atoms with Gasteiger partial charge in [-0.3, -0.25) is 0 Å². The molecule has 1 aromatic heterocycles. The molecule has 0 amide bonds. The fraction of sp³-hybridized carbons (Fsp3) is 0.143. The van der Waals surface area contributed by atoms with Gasteiger partial charge in [-0.2, -0.15) is 5.26 Å². The molecular weight excluding hydrogens is 312 g/mol. The van der Waals surface area contributed by atoms with Gasteiger partial charge in [0.25, 0.3) is 0 Å². The zero-order valence-corrected chi connectivity index (χ0v) is 14.4. The predicted molar refractivity (Wildman–Crippen MR) is 101 cm³/mol. The monoisotopic (exact) mass is 330 g/mol. The average Bonchev–Trinajstić information content (AvgIpc) is 2.67. The smallest absolute Gasteiger partial charge is 0.115 e. The second-order valence-corrected chi connectivity index (χ2v) is 6.51. The van der Waals surface area contributed by atoms with Crippen molar-refractivity contribution in [2.75, 3.05) is 5.75 Å². The lowest BCUT2D eigenvalue weighted by atomic mass is 9.99. The van der Waals surface area contributed by atoms with Crippen LogP contribution in [0.25, 0.3) is 22.4 Å². The standard InChI is InChI=1S/C21H18N2S/c1-2-13-24-21-19(15-22)18(16-9-5-3-6-10-16)14-20(23-21)17-11-7-4-8-12-17/h3-12,14H,2,13H2,1H3. The summed E-state index contributed by atoms with van der Waals surface area (Å²) in [6, 6.07) is 24.6. The van der Waals surface area contributed by atoms with Gasteiger partial charge in [0.2, 0.25) is 0 Å². The molecule has 0 aliphatic rings. The highest BCUT2D eigenvalue weighted by atomic mass is 32.2. The van der Waals surface area contributed by atoms with Crippen molar-refractivity contribution in [2.24, 2.45) is 0 Å². The summed E-state index contributed by atoms with van der Waals surface area (Å²) >= 11 is 1.66. The molecule has 0 aliphatic heterocycles. The number of thioether (sulfide) groups is 1. The Kier molecular flexibility index (Phi) is 5.30. The molecule has 0 unspecified atom stereocenters. The average molecular weight is 330 g/mol. The van der Waals surface area contributed by atoms with Crippen LogP contribution in [0.4, 0.5) is 0 Å². The van der Waals surface area contributed by atoms with E-state index in [1.165, 1.54) is 0 Å². The second kappa shape index (κ2) is 7.81. The zero-order chi connectivity index (χ0) is 16.8. The summed E-state index contributed by atoms with van der Waals surface area (Å²) in [5.74, 6) is 0.953. The van der Waals surface area contributed by atoms with Gasteiger partial charge in [-0.15, -0.1) is 11.8 Å². The highest BCUT2D eigenvalue weighted by Crippen LogP contribution is 2.34. The molecule has 3 rings (SSSR count). The van der Waals surface area contributed by atoms with E-state index in [2.05, 4.69) is 25.1 Å². The van der Waals surface area contributed by atoms with Crippen molar-refractivity contribution < 1.29 is 0 Å². The minimum absolute atomic E-state index is 0.666. The number of nitriles is 1. The molecule has 0 N–H and O–H groups in total. The van der Waals surface area contributed by atoms with Crippen molar-refractivity contribution in [1.29, 1.82) is 5.26 Å². The molecule has 0 aliphatic carbocycles. The number of rotatable bonds is 5. The van der Waals surface area contributed by atoms with Crippen LogP contribution in [0.15, 0.2) is 71.8 Å². The third-order valence-electron chi connectivity index (χ3n) is 3.70. The Hall–Kier alpha value is -2.57. The summed E-state index contributed by atoms with van der Waals surface area (Å²) in [5.41, 5.74) is 4.64. The zero-order valence-electron chi connectivity index (χ0n) is 13.6. The van der Waals surface area contributed by atoms with E-state index in [0.717, 1.165) is 39.6 Å². The van der Waals surface area contributed by atoms with Crippen LogP contribution in [0.5, 0.6) is 0 Å². The number of pyridine rings is 1. The molecule has 2 nitrogen and oxygen atoms in total. The Balaban J connectivity index is 2.21. The lowest BCUT2D eigenvalue weighted by Gasteiger charge is -2.12. The summed E-state index contributed by atoms with van der Waals surface area (Å²) in [4.78, 5) is 4.78. The summed E-state index contributed by atoms with van der Waals surface area (Å²) < 4.78 is 0. The Morgan fingerprint density at radius 3 is 2.17 bits per heavy atom. The van der Waals surface area contributed by atoms with Crippen molar-refractivity contribution in [3.05, 3.63) is 72.3 Å². The lowest BCUT2D eigenvalue weighted by molar-refractivity contribution is 1.08. The molecule has 0 fully saturated rings. The first kappa shape index (κ1) is 16.3. The van der Waals surface area contributed by atoms with E-state index in [1.54, 1.807) is 11.8 Å². The largest absolute Gasteiger partial charge is 0.240 e. The third kappa shape index (κ3) is 3.50. The maximum atomic E-state index is 9.72. The summed E-state index contributed by atoms with van der Waals surface area (Å²) in [5, 5.41) is 10.5. The molecule has 0 saturated heterocycles. The molecule has 118 valence electrons. The maximum Gasteiger partial charge on any atom is 0.115 e. The topological polar surface area (TPSA) is 36.7 Å². The van der Waals surface area contributed by atoms with Gasteiger partial charge in [-0.25, -0.2) is 4.98 Å². The normalized spacial score (nSPS) is 10.3. The van der Waals surface area contributed by atoms with Crippen LogP contribution >= 0.6 is 11.8 Å². The summed E-state index contributed by atoms with van der Waals surface area (Å²) in [6.45, 7) is 2.14. The van der Waals surface area contributed by atoms with Crippen LogP contribution in [-0.2, 0) is 0 Å². The SMILES string of the molecule is CCCSc1nc(-c2ccccc2)cc(-c2ccccc2)c1C#N. The summed E-state index contributed by atoms with van der Waals surface area (Å²) in [6.07, 6.45) is 1.05. The number of hydrogen-bond donors (Lipinski definition) is 0. The highest BCUT2D eigenvalue weighted by Gasteiger charge is 2.15. The van der Waals surface area contributed by atoms with E-state index in [4.69, 9.17) is 4.98 Å². The Morgan fingerprint density at radius 2 is 1.58 bits per heavy atom. The first-order chi connectivity index (χ1) is 11.8. The predicted octanol–water partition coefficient (Wildman–Crippen LogP) is 5.79. The van der Waals surface area contributed by atoms with Crippen molar-refractivity contribution in [3.63, 3.8) is 0 Å². The van der Waals surface area contributed by atoms with Crippen LogP contribution in [0.1, 0.15) is 18.9 Å². The molecule has 2 aromatic carbocycles. The maximum absolute atomic E-state index is 9.72. The van der Waals surface area contributed by atoms with E-state index in [-0.39, 0.29) is 0 Å². The van der Waals surface area contributed by atoms with Gasteiger partial charge < -0.3 is 0 Å². The molecular formula is C21H18N2S. The van der Waals surface area contributed by atoms with Gasteiger partial charge in [-0.05, 0) is 23.8 Å². The van der Waals surface area contributed by atoms with Crippen LogP contribution in [0.2, 0.25) is 0 Å². The fourth-order valence-corrected chi connectivity index (χ4v) is 3.40. The Morgan fingerprint density at radius 1 is 0.958 bits per heavy atom. The molecule has 0 radical (unpaired) electrons. The molecule has 0 saturated carbocycles. The van der Waals surface area contributed by atoms with Gasteiger partial charge in [-0.1, -0.05) is 67.6 Å². The van der Waals surface area contributed by atoms with Gasteiger partial charge in [0, 0.05) is 11.1 Å². The minimum Gasteiger partial charge on any atom is -0.240 e. The molecule has 1 heterocycles. The molecule has 24 heavy (non-hydrogen) atoms. The lowest BCUT2D eigenvalue weighted by Crippen LogP contribution is -1.96. The van der Waals surface area contributed by atoms with Crippen LogP contribution in [-0.4, -0.2) is 10.7 Å². The quantitative estimate of drug-likeness (QED) is 0.556. The fourth-order valence-electron chi connectivity index (χ4n) is 2.54. The van der Waals surface area contributed by atoms with E-state index in [9.17, 15) is 5.26 Å². The van der Waals surface area contributed by atoms with Gasteiger partial charge in [0.15, 0.2) is 0 Å². The Labute approximate surface area is 147 Å². The third-order valence-corrected chi connectivity index (χ3v) is 4.88. The van der Waals surface area contributed by atoms with Crippen molar-refractivity contribution in [1.82, 2.24) is 4.98 Å². The van der Waals surface area contributed by atoms with E-state index >= 15 is 0 Å². The van der Waals surface area contributed by atoms with Gasteiger partial charge in [0.1, 0.15) is 11.1 Å². The Bertz CT molecular complexity index is 852. The van der Waals surface area contributed by atoms with E-state index in [1.807, 2.05) is 54.6 Å². The number of nitrogens with zero attached hydrogens (tertiary/aromatic N) is 2. The van der Waals surface area contributed by atoms with Gasteiger partial charge in [0.05, 0.1) is 11.3 Å². The van der Waals surface area contributed by atoms with Gasteiger partial charge >= 0.3 is 0 Å². The van der Waals surface area contributed by atoms with E-state index in [0.29, 0.717) is 5.56 Å². The molecule has 0 spiro atoms. The molecule has 0 bridgehead atoms. The number of benzene rings is 2. The molecule has 3 heteroatoms. The first-order valence-electron chi connectivity index (χ1n) is 8.02. The number of aromatic nitrogens is 1. The van der Waals surface area contributed by atoms with Crippen molar-refractivity contribution in [2.45, 2.75) is 18.4 Å².